The van der Waals surface area contributed by atoms with E-state index in [1.54, 1.807) is 29.7 Å². The number of imidazole rings is 1. The molecule has 1 fully saturated rings. The van der Waals surface area contributed by atoms with Crippen molar-refractivity contribution >= 4 is 29.4 Å². The molecule has 0 atom stereocenters. The summed E-state index contributed by atoms with van der Waals surface area (Å²) in [6, 6.07) is 9.88. The fourth-order valence-corrected chi connectivity index (χ4v) is 5.81. The van der Waals surface area contributed by atoms with Gasteiger partial charge in [0.05, 0.1) is 12.1 Å². The largest absolute Gasteiger partial charge is 0.323 e. The van der Waals surface area contributed by atoms with E-state index in [0.29, 0.717) is 13.0 Å². The molecule has 2 aromatic rings. The van der Waals surface area contributed by atoms with Crippen molar-refractivity contribution in [1.82, 2.24) is 20.8 Å². The minimum Gasteiger partial charge on any atom is -0.313 e. The van der Waals surface area contributed by atoms with E-state index in [2.05, 4.69) is 20.8 Å². The van der Waals surface area contributed by atoms with Crippen molar-refractivity contribution in [3.8, 4) is 0 Å². The number of aromatic amines is 2. The Bertz CT molecular complexity index is 723. The number of nitrogens with one attached hydrogen (secondary N) is 4. The minimum absolute atomic E-state index is 0.0881. The van der Waals surface area contributed by atoms with Crippen LogP contribution in [0.1, 0.15) is 24.1 Å². The molecule has 1 aliphatic heterocycles. The number of hydrogen-bond acceptors (Lipinski definition) is 5. The molecule has 1 amide bonds. The summed E-state index contributed by atoms with van der Waals surface area (Å²) in [7, 11) is 0. The number of hydrazine groups is 1. The van der Waals surface area contributed by atoms with Gasteiger partial charge in [0.15, 0.2) is 0 Å². The first-order valence-corrected chi connectivity index (χ1v) is 9.77. The number of rotatable bonds is 6. The number of carbonyl (C=O) groups is 1. The molecule has 0 radical (unpaired) electrons. The lowest BCUT2D eigenvalue weighted by molar-refractivity contribution is -0.122. The van der Waals surface area contributed by atoms with Gasteiger partial charge in [0.25, 0.3) is 0 Å². The van der Waals surface area contributed by atoms with Gasteiger partial charge in [0, 0.05) is 12.7 Å². The molecule has 24 heavy (non-hydrogen) atoms. The van der Waals surface area contributed by atoms with Gasteiger partial charge in [0.1, 0.15) is 4.08 Å². The number of hydrogen-bond donors (Lipinski definition) is 4. The molecule has 4 N–H and O–H groups in total. The zero-order chi connectivity index (χ0) is 16.8. The van der Waals surface area contributed by atoms with Gasteiger partial charge in [-0.1, -0.05) is 30.3 Å². The monoisotopic (exact) mass is 364 g/mol. The lowest BCUT2D eigenvalue weighted by Gasteiger charge is -2.34. The van der Waals surface area contributed by atoms with Gasteiger partial charge in [-0.05, 0) is 23.5 Å². The molecule has 2 heterocycles. The number of H-pyrrole nitrogens is 2. The first kappa shape index (κ1) is 17.2. The maximum absolute atomic E-state index is 12.4. The quantitative estimate of drug-likeness (QED) is 0.588. The van der Waals surface area contributed by atoms with Crippen molar-refractivity contribution in [2.45, 2.75) is 23.5 Å². The highest BCUT2D eigenvalue weighted by molar-refractivity contribution is 8.18. The van der Waals surface area contributed by atoms with Crippen molar-refractivity contribution in [2.24, 2.45) is 0 Å². The highest BCUT2D eigenvalue weighted by atomic mass is 32.2. The molecule has 3 rings (SSSR count). The molecule has 0 aliphatic carbocycles. The van der Waals surface area contributed by atoms with E-state index in [4.69, 9.17) is 0 Å². The van der Waals surface area contributed by atoms with Crippen molar-refractivity contribution in [3.63, 3.8) is 0 Å². The second-order valence-electron chi connectivity index (χ2n) is 5.52. The fraction of sp³-hybridized carbons (Fsp3) is 0.375. The molecule has 1 saturated heterocycles. The summed E-state index contributed by atoms with van der Waals surface area (Å²) in [6.07, 6.45) is 3.09. The maximum Gasteiger partial charge on any atom is 0.323 e. The topological polar surface area (TPSA) is 89.8 Å². The lowest BCUT2D eigenvalue weighted by atomic mass is 10.2. The van der Waals surface area contributed by atoms with Crippen LogP contribution < -0.4 is 16.5 Å². The third-order valence-corrected chi connectivity index (χ3v) is 7.08. The highest BCUT2D eigenvalue weighted by Crippen LogP contribution is 2.51. The number of amides is 1. The summed E-state index contributed by atoms with van der Waals surface area (Å²) in [4.78, 5) is 29.3. The van der Waals surface area contributed by atoms with Crippen LogP contribution in [-0.2, 0) is 15.4 Å². The van der Waals surface area contributed by atoms with Crippen LogP contribution in [0.5, 0.6) is 0 Å². The number of thioether (sulfide) groups is 2. The number of benzene rings is 1. The Morgan fingerprint density at radius 3 is 2.62 bits per heavy atom. The Labute approximate surface area is 148 Å². The third kappa shape index (κ3) is 4.25. The molecule has 0 bridgehead atoms. The van der Waals surface area contributed by atoms with Crippen LogP contribution in [-0.4, -0.2) is 27.4 Å². The highest BCUT2D eigenvalue weighted by Gasteiger charge is 2.39. The zero-order valence-corrected chi connectivity index (χ0v) is 14.8. The van der Waals surface area contributed by atoms with Crippen LogP contribution >= 0.6 is 23.5 Å². The van der Waals surface area contributed by atoms with Crippen molar-refractivity contribution < 1.29 is 4.79 Å². The Hall–Kier alpha value is -1.64. The summed E-state index contributed by atoms with van der Waals surface area (Å²) < 4.78 is -0.435. The summed E-state index contributed by atoms with van der Waals surface area (Å²) in [5.41, 5.74) is 7.37. The Morgan fingerprint density at radius 2 is 1.96 bits per heavy atom. The van der Waals surface area contributed by atoms with E-state index in [1.165, 1.54) is 0 Å². The predicted molar refractivity (Wildman–Crippen MR) is 98.7 cm³/mol. The molecule has 128 valence electrons. The average molecular weight is 364 g/mol. The van der Waals surface area contributed by atoms with E-state index in [0.717, 1.165) is 29.2 Å². The minimum atomic E-state index is -0.435. The molecule has 0 saturated carbocycles. The summed E-state index contributed by atoms with van der Waals surface area (Å²) >= 11 is 3.44. The van der Waals surface area contributed by atoms with Gasteiger partial charge in [-0.2, -0.15) is 0 Å². The molecule has 1 aromatic heterocycles. The van der Waals surface area contributed by atoms with E-state index in [9.17, 15) is 9.59 Å². The van der Waals surface area contributed by atoms with E-state index in [-0.39, 0.29) is 11.6 Å². The van der Waals surface area contributed by atoms with Crippen LogP contribution in [0.3, 0.4) is 0 Å². The SMILES string of the molecule is O=C(CC1(c2c[nH]c(=O)[nH]2)SCCCS1)NNCc1ccccc1. The molecule has 0 spiro atoms. The normalized spacial score (nSPS) is 16.7. The van der Waals surface area contributed by atoms with Gasteiger partial charge in [0.2, 0.25) is 5.91 Å². The number of carbonyl (C=O) groups excluding carboxylic acids is 1. The van der Waals surface area contributed by atoms with E-state index in [1.807, 2.05) is 30.3 Å². The molecule has 6 nitrogen and oxygen atoms in total. The van der Waals surface area contributed by atoms with E-state index >= 15 is 0 Å². The second-order valence-corrected chi connectivity index (χ2v) is 8.57. The van der Waals surface area contributed by atoms with Crippen LogP contribution in [0, 0.1) is 0 Å². The first-order valence-electron chi connectivity index (χ1n) is 7.80. The van der Waals surface area contributed by atoms with Crippen molar-refractivity contribution in [1.29, 1.82) is 0 Å². The van der Waals surface area contributed by atoms with Gasteiger partial charge in [-0.15, -0.1) is 23.5 Å². The average Bonchev–Trinajstić information content (AvgIpc) is 3.04. The fourth-order valence-electron chi connectivity index (χ4n) is 2.56. The summed E-state index contributed by atoms with van der Waals surface area (Å²) in [6.45, 7) is 0.570. The zero-order valence-electron chi connectivity index (χ0n) is 13.1. The number of aromatic nitrogens is 2. The van der Waals surface area contributed by atoms with Crippen LogP contribution in [0.25, 0.3) is 0 Å². The van der Waals surface area contributed by atoms with Crippen molar-refractivity contribution in [2.75, 3.05) is 11.5 Å². The smallest absolute Gasteiger partial charge is 0.313 e. The molecule has 8 heteroatoms. The van der Waals surface area contributed by atoms with Gasteiger partial charge >= 0.3 is 5.69 Å². The van der Waals surface area contributed by atoms with Crippen molar-refractivity contribution in [3.05, 3.63) is 58.3 Å². The van der Waals surface area contributed by atoms with Crippen LogP contribution in [0.4, 0.5) is 0 Å². The summed E-state index contributed by atoms with van der Waals surface area (Å²) in [5, 5.41) is 0. The molecule has 0 unspecified atom stereocenters. The molecule has 1 aliphatic rings. The van der Waals surface area contributed by atoms with Crippen LogP contribution in [0.15, 0.2) is 41.3 Å². The predicted octanol–water partition coefficient (Wildman–Crippen LogP) is 1.94. The van der Waals surface area contributed by atoms with E-state index < -0.39 is 4.08 Å². The van der Waals surface area contributed by atoms with Gasteiger partial charge in [-0.25, -0.2) is 10.2 Å². The van der Waals surface area contributed by atoms with Gasteiger partial charge < -0.3 is 9.97 Å². The Morgan fingerprint density at radius 1 is 1.21 bits per heavy atom. The van der Waals surface area contributed by atoms with Crippen LogP contribution in [0.2, 0.25) is 0 Å². The maximum atomic E-state index is 12.4. The summed E-state index contributed by atoms with van der Waals surface area (Å²) in [5.74, 6) is 1.87. The lowest BCUT2D eigenvalue weighted by Crippen LogP contribution is -2.40. The standard InChI is InChI=1S/C16H20N4O2S2/c21-14(20-18-10-12-5-2-1-3-6-12)9-16(23-7-4-8-24-16)13-11-17-15(22)19-13/h1-3,5-6,11,18H,4,7-10H2,(H,20,21)(H2,17,19,22). The Kier molecular flexibility index (Phi) is 5.70. The Balaban J connectivity index is 1.60. The van der Waals surface area contributed by atoms with Gasteiger partial charge in [-0.3, -0.25) is 10.2 Å². The molecule has 1 aromatic carbocycles. The molecular weight excluding hydrogens is 344 g/mol. The molecular formula is C16H20N4O2S2. The third-order valence-electron chi connectivity index (χ3n) is 3.72. The first-order chi connectivity index (χ1) is 11.7. The second kappa shape index (κ2) is 7.96.